The lowest BCUT2D eigenvalue weighted by Gasteiger charge is -2.10. The van der Waals surface area contributed by atoms with Gasteiger partial charge in [-0.05, 0) is 36.4 Å². The van der Waals surface area contributed by atoms with Gasteiger partial charge < -0.3 is 9.73 Å². The molecule has 1 N–H and O–H groups in total. The Hall–Kier alpha value is -2.73. The molecule has 5 nitrogen and oxygen atoms in total. The fraction of sp³-hybridized carbons (Fsp3) is 0.167. The summed E-state index contributed by atoms with van der Waals surface area (Å²) in [7, 11) is 0. The average molecular weight is 340 g/mol. The second kappa shape index (κ2) is 6.80. The summed E-state index contributed by atoms with van der Waals surface area (Å²) in [6, 6.07) is 9.02. The largest absolute Gasteiger partial charge is 0.406 e. The fourth-order valence-corrected chi connectivity index (χ4v) is 3.19. The summed E-state index contributed by atoms with van der Waals surface area (Å²) in [5, 5.41) is 5.12. The first-order valence-electron chi connectivity index (χ1n) is 7.47. The molecule has 6 heteroatoms. The van der Waals surface area contributed by atoms with E-state index in [2.05, 4.69) is 10.3 Å². The number of hydrogen-bond donors (Lipinski definition) is 1. The van der Waals surface area contributed by atoms with Gasteiger partial charge in [-0.25, -0.2) is 9.78 Å². The first kappa shape index (κ1) is 16.1. The summed E-state index contributed by atoms with van der Waals surface area (Å²) < 4.78 is 5.26. The number of carbonyl (C=O) groups is 1. The third-order valence-corrected chi connectivity index (χ3v) is 4.51. The van der Waals surface area contributed by atoms with Gasteiger partial charge in [0, 0.05) is 6.08 Å². The van der Waals surface area contributed by atoms with Crippen LogP contribution in [0, 0.1) is 6.92 Å². The van der Waals surface area contributed by atoms with Crippen LogP contribution in [0.4, 0.5) is 0 Å². The molecule has 24 heavy (non-hydrogen) atoms. The van der Waals surface area contributed by atoms with Crippen molar-refractivity contribution in [2.45, 2.75) is 19.9 Å². The lowest BCUT2D eigenvalue weighted by molar-refractivity contribution is -0.117. The first-order chi connectivity index (χ1) is 11.5. The van der Waals surface area contributed by atoms with Crippen molar-refractivity contribution < 1.29 is 9.21 Å². The molecule has 0 radical (unpaired) electrons. The van der Waals surface area contributed by atoms with Crippen molar-refractivity contribution in [3.63, 3.8) is 0 Å². The molecule has 2 aromatic heterocycles. The van der Waals surface area contributed by atoms with Gasteiger partial charge in [-0.2, -0.15) is 0 Å². The highest BCUT2D eigenvalue weighted by Gasteiger charge is 2.16. The molecule has 3 aromatic rings. The Bertz CT molecular complexity index is 957. The van der Waals surface area contributed by atoms with Gasteiger partial charge in [-0.1, -0.05) is 30.3 Å². The number of amides is 1. The van der Waals surface area contributed by atoms with Crippen molar-refractivity contribution in [2.75, 3.05) is 0 Å². The van der Waals surface area contributed by atoms with Crippen LogP contribution in [0.3, 0.4) is 0 Å². The van der Waals surface area contributed by atoms with E-state index >= 15 is 0 Å². The Labute approximate surface area is 142 Å². The van der Waals surface area contributed by atoms with Crippen molar-refractivity contribution >= 4 is 33.5 Å². The summed E-state index contributed by atoms with van der Waals surface area (Å²) >= 11 is 1.39. The molecule has 0 spiro atoms. The highest BCUT2D eigenvalue weighted by atomic mass is 32.1. The first-order valence-corrected chi connectivity index (χ1v) is 8.35. The Kier molecular flexibility index (Phi) is 4.57. The van der Waals surface area contributed by atoms with E-state index in [4.69, 9.17) is 4.42 Å². The highest BCUT2D eigenvalue weighted by molar-refractivity contribution is 7.16. The standard InChI is InChI=1S/C18H16N2O3S/c1-11-10-24-17-15(11)18(22)23-16(20-17)12(2)19-14(21)9-8-13-6-4-3-5-7-13/h3-10,12H,1-2H3,(H,19,21)/b9-8+. The summed E-state index contributed by atoms with van der Waals surface area (Å²) in [5.74, 6) is -0.0749. The maximum atomic E-state index is 12.1. The molecule has 1 aromatic carbocycles. The second-order valence-electron chi connectivity index (χ2n) is 5.41. The number of aryl methyl sites for hydroxylation is 1. The average Bonchev–Trinajstić information content (AvgIpc) is 2.95. The summed E-state index contributed by atoms with van der Waals surface area (Å²) in [6.45, 7) is 3.57. The number of aromatic nitrogens is 1. The van der Waals surface area contributed by atoms with Gasteiger partial charge in [0.15, 0.2) is 0 Å². The smallest absolute Gasteiger partial charge is 0.348 e. The van der Waals surface area contributed by atoms with Crippen LogP contribution in [-0.4, -0.2) is 10.9 Å². The fourth-order valence-electron chi connectivity index (χ4n) is 2.27. The van der Waals surface area contributed by atoms with E-state index < -0.39 is 11.7 Å². The van der Waals surface area contributed by atoms with Crippen LogP contribution in [0.15, 0.2) is 51.0 Å². The van der Waals surface area contributed by atoms with E-state index in [1.165, 1.54) is 17.4 Å². The quantitative estimate of drug-likeness (QED) is 0.738. The van der Waals surface area contributed by atoms with E-state index in [0.717, 1.165) is 11.1 Å². The SMILES string of the molecule is Cc1csc2nc(C(C)NC(=O)/C=C/c3ccccc3)oc(=O)c12. The normalized spacial score (nSPS) is 12.6. The molecule has 0 fully saturated rings. The number of rotatable bonds is 4. The van der Waals surface area contributed by atoms with Gasteiger partial charge in [0.25, 0.3) is 0 Å². The number of benzene rings is 1. The molecule has 122 valence electrons. The zero-order valence-electron chi connectivity index (χ0n) is 13.3. The number of nitrogens with zero attached hydrogens (tertiary/aromatic N) is 1. The maximum Gasteiger partial charge on any atom is 0.348 e. The third-order valence-electron chi connectivity index (χ3n) is 3.52. The van der Waals surface area contributed by atoms with Crippen LogP contribution >= 0.6 is 11.3 Å². The van der Waals surface area contributed by atoms with Gasteiger partial charge in [0.05, 0.1) is 5.39 Å². The number of nitrogens with one attached hydrogen (secondary N) is 1. The summed E-state index contributed by atoms with van der Waals surface area (Å²) in [5.41, 5.74) is 1.36. The van der Waals surface area contributed by atoms with E-state index in [-0.39, 0.29) is 11.8 Å². The summed E-state index contributed by atoms with van der Waals surface area (Å²) in [4.78, 5) is 29.0. The number of thiophene rings is 1. The molecule has 3 rings (SSSR count). The second-order valence-corrected chi connectivity index (χ2v) is 6.27. The van der Waals surface area contributed by atoms with E-state index in [9.17, 15) is 9.59 Å². The zero-order valence-corrected chi connectivity index (χ0v) is 14.1. The van der Waals surface area contributed by atoms with Crippen molar-refractivity contribution in [3.05, 3.63) is 69.2 Å². The number of fused-ring (bicyclic) bond motifs is 1. The Balaban J connectivity index is 1.75. The minimum absolute atomic E-state index is 0.204. The predicted molar refractivity (Wildman–Crippen MR) is 94.9 cm³/mol. The molecule has 0 saturated carbocycles. The lowest BCUT2D eigenvalue weighted by atomic mass is 10.2. The van der Waals surface area contributed by atoms with E-state index in [1.807, 2.05) is 42.6 Å². The van der Waals surface area contributed by atoms with Crippen LogP contribution in [0.2, 0.25) is 0 Å². The highest BCUT2D eigenvalue weighted by Crippen LogP contribution is 2.22. The molecule has 0 aliphatic rings. The van der Waals surface area contributed by atoms with Gasteiger partial charge in [0.2, 0.25) is 11.8 Å². The molecule has 1 amide bonds. The molecular weight excluding hydrogens is 324 g/mol. The van der Waals surface area contributed by atoms with E-state index in [0.29, 0.717) is 10.2 Å². The van der Waals surface area contributed by atoms with Crippen molar-refractivity contribution in [1.29, 1.82) is 0 Å². The van der Waals surface area contributed by atoms with Gasteiger partial charge in [-0.3, -0.25) is 4.79 Å². The molecule has 0 aliphatic heterocycles. The number of hydrogen-bond acceptors (Lipinski definition) is 5. The van der Waals surface area contributed by atoms with Crippen LogP contribution in [0.5, 0.6) is 0 Å². The zero-order chi connectivity index (χ0) is 17.1. The van der Waals surface area contributed by atoms with Crippen molar-refractivity contribution in [3.8, 4) is 0 Å². The van der Waals surface area contributed by atoms with Crippen LogP contribution in [0.1, 0.15) is 30.0 Å². The van der Waals surface area contributed by atoms with Crippen molar-refractivity contribution in [2.24, 2.45) is 0 Å². The molecule has 0 saturated heterocycles. The van der Waals surface area contributed by atoms with Crippen LogP contribution < -0.4 is 10.9 Å². The molecular formula is C18H16N2O3S. The Morgan fingerprint density at radius 3 is 2.83 bits per heavy atom. The minimum Gasteiger partial charge on any atom is -0.406 e. The minimum atomic E-state index is -0.502. The van der Waals surface area contributed by atoms with Gasteiger partial charge in [-0.15, -0.1) is 11.3 Å². The Morgan fingerprint density at radius 1 is 1.33 bits per heavy atom. The maximum absolute atomic E-state index is 12.1. The molecule has 0 aliphatic carbocycles. The third kappa shape index (κ3) is 3.44. The van der Waals surface area contributed by atoms with Gasteiger partial charge in [0.1, 0.15) is 10.9 Å². The van der Waals surface area contributed by atoms with Gasteiger partial charge >= 0.3 is 5.63 Å². The summed E-state index contributed by atoms with van der Waals surface area (Å²) in [6.07, 6.45) is 3.16. The van der Waals surface area contributed by atoms with Crippen molar-refractivity contribution in [1.82, 2.24) is 10.3 Å². The molecule has 1 atom stereocenters. The molecule has 1 unspecified atom stereocenters. The van der Waals surface area contributed by atoms with Crippen LogP contribution in [-0.2, 0) is 4.79 Å². The molecule has 2 heterocycles. The molecule has 0 bridgehead atoms. The van der Waals surface area contributed by atoms with E-state index in [1.54, 1.807) is 13.0 Å². The predicted octanol–water partition coefficient (Wildman–Crippen LogP) is 3.45. The lowest BCUT2D eigenvalue weighted by Crippen LogP contribution is -2.26. The monoisotopic (exact) mass is 340 g/mol. The van der Waals surface area contributed by atoms with Crippen LogP contribution in [0.25, 0.3) is 16.3 Å². The topological polar surface area (TPSA) is 72.2 Å². The Morgan fingerprint density at radius 2 is 2.08 bits per heavy atom. The number of carbonyl (C=O) groups excluding carboxylic acids is 1.